The van der Waals surface area contributed by atoms with E-state index in [1.54, 1.807) is 12.1 Å². The van der Waals surface area contributed by atoms with Crippen LogP contribution in [0.3, 0.4) is 0 Å². The summed E-state index contributed by atoms with van der Waals surface area (Å²) in [6.07, 6.45) is 2.02. The van der Waals surface area contributed by atoms with Gasteiger partial charge in [-0.2, -0.15) is 0 Å². The van der Waals surface area contributed by atoms with E-state index in [4.69, 9.17) is 9.47 Å². The van der Waals surface area contributed by atoms with Gasteiger partial charge in [-0.25, -0.2) is 0 Å². The molecule has 1 aliphatic rings. The van der Waals surface area contributed by atoms with Gasteiger partial charge in [-0.15, -0.1) is 12.4 Å². The van der Waals surface area contributed by atoms with Crippen LogP contribution < -0.4 is 20.1 Å². The molecule has 0 aromatic heterocycles. The number of halogens is 1. The molecule has 1 atom stereocenters. The largest absolute Gasteiger partial charge is 0.493 e. The van der Waals surface area contributed by atoms with Crippen molar-refractivity contribution in [1.29, 1.82) is 0 Å². The lowest BCUT2D eigenvalue weighted by molar-refractivity contribution is -0.114. The van der Waals surface area contributed by atoms with E-state index >= 15 is 0 Å². The van der Waals surface area contributed by atoms with Crippen LogP contribution in [0.5, 0.6) is 11.5 Å². The topological polar surface area (TPSA) is 79.9 Å². The molecule has 2 N–H and O–H groups in total. The van der Waals surface area contributed by atoms with Crippen LogP contribution in [0.15, 0.2) is 12.1 Å². The first-order chi connectivity index (χ1) is 11.5. The summed E-state index contributed by atoms with van der Waals surface area (Å²) in [4.78, 5) is 26.1. The molecule has 8 heteroatoms. The zero-order valence-corrected chi connectivity index (χ0v) is 15.9. The Morgan fingerprint density at radius 1 is 1.24 bits per heavy atom. The van der Waals surface area contributed by atoms with Crippen molar-refractivity contribution in [2.45, 2.75) is 25.8 Å². The Labute approximate surface area is 154 Å². The Morgan fingerprint density at radius 2 is 1.96 bits per heavy atom. The monoisotopic (exact) mass is 371 g/mol. The van der Waals surface area contributed by atoms with Gasteiger partial charge in [0.15, 0.2) is 11.5 Å². The maximum absolute atomic E-state index is 12.9. The van der Waals surface area contributed by atoms with Crippen LogP contribution in [0.4, 0.5) is 5.69 Å². The molecule has 1 aromatic carbocycles. The molecule has 0 bridgehead atoms. The fourth-order valence-corrected chi connectivity index (χ4v) is 2.95. The van der Waals surface area contributed by atoms with Crippen molar-refractivity contribution in [3.05, 3.63) is 17.7 Å². The molecule has 2 rings (SSSR count). The van der Waals surface area contributed by atoms with Crippen molar-refractivity contribution in [2.75, 3.05) is 39.7 Å². The zero-order chi connectivity index (χ0) is 17.7. The quantitative estimate of drug-likeness (QED) is 0.826. The van der Waals surface area contributed by atoms with Gasteiger partial charge in [-0.3, -0.25) is 9.59 Å². The number of likely N-dealkylation sites (tertiary alicyclic amines) is 1. The lowest BCUT2D eigenvalue weighted by Crippen LogP contribution is -2.46. The molecule has 2 amide bonds. The third kappa shape index (κ3) is 4.99. The smallest absolute Gasteiger partial charge is 0.254 e. The summed E-state index contributed by atoms with van der Waals surface area (Å²) in [5.41, 5.74) is 0.892. The van der Waals surface area contributed by atoms with Gasteiger partial charge in [-0.1, -0.05) is 0 Å². The molecule has 140 valence electrons. The fraction of sp³-hybridized carbons (Fsp3) is 0.529. The molecule has 1 heterocycles. The first-order valence-electron chi connectivity index (χ1n) is 8.00. The number of anilines is 1. The molecule has 1 aromatic rings. The molecule has 1 aliphatic heterocycles. The molecule has 1 saturated heterocycles. The molecule has 0 radical (unpaired) electrons. The highest BCUT2D eigenvalue weighted by Gasteiger charge is 2.25. The van der Waals surface area contributed by atoms with E-state index in [9.17, 15) is 9.59 Å². The molecule has 7 nitrogen and oxygen atoms in total. The van der Waals surface area contributed by atoms with Crippen LogP contribution >= 0.6 is 12.4 Å². The summed E-state index contributed by atoms with van der Waals surface area (Å²) in [6.45, 7) is 2.79. The number of benzene rings is 1. The van der Waals surface area contributed by atoms with Gasteiger partial charge in [0, 0.05) is 31.6 Å². The lowest BCUT2D eigenvalue weighted by Gasteiger charge is -2.32. The van der Waals surface area contributed by atoms with E-state index < -0.39 is 0 Å². The highest BCUT2D eigenvalue weighted by atomic mass is 35.5. The number of carbonyl (C=O) groups is 2. The first kappa shape index (κ1) is 21.1. The standard InChI is InChI=1S/C17H25N3O4.ClH/c1-11(21)19-14-8-12(9-15(23-3)16(14)24-4)17(22)20-7-5-6-13(10-20)18-2;/h8-9,13,18H,5-7,10H2,1-4H3,(H,19,21);1H. The molecule has 0 saturated carbocycles. The molecule has 0 spiro atoms. The van der Waals surface area contributed by atoms with Crippen LogP contribution in [0.2, 0.25) is 0 Å². The minimum Gasteiger partial charge on any atom is -0.493 e. The summed E-state index contributed by atoms with van der Waals surface area (Å²) >= 11 is 0. The summed E-state index contributed by atoms with van der Waals surface area (Å²) in [5.74, 6) is 0.487. The van der Waals surface area contributed by atoms with Crippen molar-refractivity contribution in [2.24, 2.45) is 0 Å². The van der Waals surface area contributed by atoms with Crippen LogP contribution in [-0.4, -0.2) is 57.1 Å². The summed E-state index contributed by atoms with van der Waals surface area (Å²) < 4.78 is 10.6. The number of nitrogens with one attached hydrogen (secondary N) is 2. The summed E-state index contributed by atoms with van der Waals surface area (Å²) in [7, 11) is 4.90. The molecule has 25 heavy (non-hydrogen) atoms. The number of piperidine rings is 1. The van der Waals surface area contributed by atoms with Crippen LogP contribution in [-0.2, 0) is 4.79 Å². The maximum atomic E-state index is 12.9. The number of amides is 2. The second kappa shape index (κ2) is 9.48. The highest BCUT2D eigenvalue weighted by Crippen LogP contribution is 2.37. The summed E-state index contributed by atoms with van der Waals surface area (Å²) in [6, 6.07) is 3.58. The van der Waals surface area contributed by atoms with Crippen LogP contribution in [0.1, 0.15) is 30.1 Å². The van der Waals surface area contributed by atoms with E-state index in [-0.39, 0.29) is 24.2 Å². The Balaban J connectivity index is 0.00000312. The predicted molar refractivity (Wildman–Crippen MR) is 99.1 cm³/mol. The number of hydrogen-bond donors (Lipinski definition) is 2. The van der Waals surface area contributed by atoms with Crippen molar-refractivity contribution in [3.8, 4) is 11.5 Å². The second-order valence-corrected chi connectivity index (χ2v) is 5.82. The zero-order valence-electron chi connectivity index (χ0n) is 15.0. The van der Waals surface area contributed by atoms with E-state index in [0.717, 1.165) is 19.4 Å². The van der Waals surface area contributed by atoms with Crippen molar-refractivity contribution in [3.63, 3.8) is 0 Å². The molecule has 0 aliphatic carbocycles. The van der Waals surface area contributed by atoms with Crippen molar-refractivity contribution < 1.29 is 19.1 Å². The Morgan fingerprint density at radius 3 is 2.52 bits per heavy atom. The third-order valence-corrected chi connectivity index (χ3v) is 4.15. The van der Waals surface area contributed by atoms with Crippen LogP contribution in [0, 0.1) is 0 Å². The SMILES string of the molecule is CNC1CCCN(C(=O)c2cc(NC(C)=O)c(OC)c(OC)c2)C1.Cl. The maximum Gasteiger partial charge on any atom is 0.254 e. The van der Waals surface area contributed by atoms with E-state index in [1.807, 2.05) is 11.9 Å². The minimum absolute atomic E-state index is 0. The molecule has 1 fully saturated rings. The number of hydrogen-bond acceptors (Lipinski definition) is 5. The second-order valence-electron chi connectivity index (χ2n) is 5.82. The Hall–Kier alpha value is -1.99. The van der Waals surface area contributed by atoms with E-state index in [2.05, 4.69) is 10.6 Å². The van der Waals surface area contributed by atoms with Gasteiger partial charge < -0.3 is 25.0 Å². The number of methoxy groups -OCH3 is 2. The minimum atomic E-state index is -0.242. The Kier molecular flexibility index (Phi) is 7.99. The van der Waals surface area contributed by atoms with Gasteiger partial charge in [0.25, 0.3) is 5.91 Å². The van der Waals surface area contributed by atoms with Gasteiger partial charge in [0.1, 0.15) is 0 Å². The molecular weight excluding hydrogens is 346 g/mol. The van der Waals surface area contributed by atoms with Gasteiger partial charge in [0.2, 0.25) is 5.91 Å². The van der Waals surface area contributed by atoms with E-state index in [0.29, 0.717) is 35.3 Å². The van der Waals surface area contributed by atoms with Crippen molar-refractivity contribution >= 4 is 29.9 Å². The number of likely N-dealkylation sites (N-methyl/N-ethyl adjacent to an activating group) is 1. The predicted octanol–water partition coefficient (Wildman–Crippen LogP) is 1.91. The number of rotatable bonds is 5. The van der Waals surface area contributed by atoms with Crippen molar-refractivity contribution in [1.82, 2.24) is 10.2 Å². The summed E-state index contributed by atoms with van der Waals surface area (Å²) in [5, 5.41) is 5.91. The molecular formula is C17H26ClN3O4. The van der Waals surface area contributed by atoms with E-state index in [1.165, 1.54) is 21.1 Å². The average Bonchev–Trinajstić information content (AvgIpc) is 2.59. The first-order valence-corrected chi connectivity index (χ1v) is 8.00. The van der Waals surface area contributed by atoms with Gasteiger partial charge >= 0.3 is 0 Å². The average molecular weight is 372 g/mol. The lowest BCUT2D eigenvalue weighted by atomic mass is 10.0. The fourth-order valence-electron chi connectivity index (χ4n) is 2.95. The normalized spacial score (nSPS) is 16.6. The Bertz CT molecular complexity index is 624. The number of ether oxygens (including phenoxy) is 2. The molecule has 1 unspecified atom stereocenters. The number of nitrogens with zero attached hydrogens (tertiary/aromatic N) is 1. The van der Waals surface area contributed by atoms with Gasteiger partial charge in [-0.05, 0) is 32.0 Å². The van der Waals surface area contributed by atoms with Crippen LogP contribution in [0.25, 0.3) is 0 Å². The highest BCUT2D eigenvalue weighted by molar-refractivity contribution is 5.99. The number of carbonyl (C=O) groups excluding carboxylic acids is 2. The third-order valence-electron chi connectivity index (χ3n) is 4.15. The van der Waals surface area contributed by atoms with Gasteiger partial charge in [0.05, 0.1) is 19.9 Å².